The predicted molar refractivity (Wildman–Crippen MR) is 69.0 cm³/mol. The van der Waals surface area contributed by atoms with Gasteiger partial charge in [-0.25, -0.2) is 4.98 Å². The number of methoxy groups -OCH3 is 2. The second kappa shape index (κ2) is 7.35. The van der Waals surface area contributed by atoms with Gasteiger partial charge >= 0.3 is 5.97 Å². The van der Waals surface area contributed by atoms with Crippen molar-refractivity contribution in [3.63, 3.8) is 0 Å². The molecular weight excluding hydrogens is 248 g/mol. The van der Waals surface area contributed by atoms with Crippen LogP contribution in [0.15, 0.2) is 18.3 Å². The minimum absolute atomic E-state index is 0.165. The monoisotopic (exact) mass is 266 g/mol. The van der Waals surface area contributed by atoms with Crippen LogP contribution in [0.1, 0.15) is 23.7 Å². The lowest BCUT2D eigenvalue weighted by Gasteiger charge is -2.20. The van der Waals surface area contributed by atoms with Crippen LogP contribution in [0.3, 0.4) is 0 Å². The summed E-state index contributed by atoms with van der Waals surface area (Å²) < 4.78 is 9.49. The first-order valence-electron chi connectivity index (χ1n) is 5.98. The van der Waals surface area contributed by atoms with Crippen LogP contribution in [0.4, 0.5) is 0 Å². The molecule has 1 aromatic rings. The third-order valence-corrected chi connectivity index (χ3v) is 2.67. The summed E-state index contributed by atoms with van der Waals surface area (Å²) in [5.41, 5.74) is 0.465. The molecule has 19 heavy (non-hydrogen) atoms. The molecule has 1 amide bonds. The molecule has 0 saturated heterocycles. The van der Waals surface area contributed by atoms with Gasteiger partial charge in [-0.1, -0.05) is 0 Å². The van der Waals surface area contributed by atoms with Crippen molar-refractivity contribution in [3.05, 3.63) is 23.9 Å². The zero-order valence-electron chi connectivity index (χ0n) is 11.4. The summed E-state index contributed by atoms with van der Waals surface area (Å²) in [5, 5.41) is 0. The fourth-order valence-electron chi connectivity index (χ4n) is 1.54. The molecule has 0 unspecified atom stereocenters. The molecule has 0 spiro atoms. The van der Waals surface area contributed by atoms with Gasteiger partial charge in [0.05, 0.1) is 26.2 Å². The van der Waals surface area contributed by atoms with Crippen molar-refractivity contribution in [2.24, 2.45) is 0 Å². The maximum absolute atomic E-state index is 12.2. The standard InChI is InChI=1S/C13H18N2O4/c1-4-15(8-7-12(16)19-3)13(17)10-5-6-11(18-2)14-9-10/h5-6,9H,4,7-8H2,1-3H3. The van der Waals surface area contributed by atoms with Crippen LogP contribution in [-0.4, -0.2) is 49.1 Å². The van der Waals surface area contributed by atoms with E-state index < -0.39 is 0 Å². The SMILES string of the molecule is CCN(CCC(=O)OC)C(=O)c1ccc(OC)nc1. The Balaban J connectivity index is 2.68. The molecule has 0 radical (unpaired) electrons. The highest BCUT2D eigenvalue weighted by molar-refractivity contribution is 5.94. The molecular formula is C13H18N2O4. The molecule has 6 nitrogen and oxygen atoms in total. The number of nitrogens with zero attached hydrogens (tertiary/aromatic N) is 2. The van der Waals surface area contributed by atoms with Crippen molar-refractivity contribution < 1.29 is 19.1 Å². The molecule has 1 heterocycles. The maximum Gasteiger partial charge on any atom is 0.307 e. The lowest BCUT2D eigenvalue weighted by atomic mass is 10.2. The Bertz CT molecular complexity index is 431. The quantitative estimate of drug-likeness (QED) is 0.722. The Morgan fingerprint density at radius 3 is 2.53 bits per heavy atom. The zero-order valence-corrected chi connectivity index (χ0v) is 11.4. The molecule has 104 valence electrons. The number of pyridine rings is 1. The normalized spacial score (nSPS) is 9.84. The van der Waals surface area contributed by atoms with Crippen LogP contribution in [0.5, 0.6) is 5.88 Å². The van der Waals surface area contributed by atoms with Crippen LogP contribution in [0.25, 0.3) is 0 Å². The van der Waals surface area contributed by atoms with Crippen LogP contribution < -0.4 is 4.74 Å². The van der Waals surface area contributed by atoms with Crippen molar-refractivity contribution in [1.82, 2.24) is 9.88 Å². The summed E-state index contributed by atoms with van der Waals surface area (Å²) in [6.45, 7) is 2.70. The lowest BCUT2D eigenvalue weighted by Crippen LogP contribution is -2.33. The average Bonchev–Trinajstić information content (AvgIpc) is 2.47. The van der Waals surface area contributed by atoms with Crippen molar-refractivity contribution in [1.29, 1.82) is 0 Å². The molecule has 6 heteroatoms. The summed E-state index contributed by atoms with van der Waals surface area (Å²) >= 11 is 0. The average molecular weight is 266 g/mol. The van der Waals surface area contributed by atoms with Gasteiger partial charge in [0, 0.05) is 25.4 Å². The number of hydrogen-bond donors (Lipinski definition) is 0. The van der Waals surface area contributed by atoms with Gasteiger partial charge in [-0.15, -0.1) is 0 Å². The highest BCUT2D eigenvalue weighted by atomic mass is 16.5. The number of esters is 1. The van der Waals surface area contributed by atoms with Crippen LogP contribution >= 0.6 is 0 Å². The smallest absolute Gasteiger partial charge is 0.307 e. The Morgan fingerprint density at radius 2 is 2.05 bits per heavy atom. The number of rotatable bonds is 6. The molecule has 1 aromatic heterocycles. The van der Waals surface area contributed by atoms with E-state index in [4.69, 9.17) is 4.74 Å². The number of carbonyl (C=O) groups excluding carboxylic acids is 2. The fourth-order valence-corrected chi connectivity index (χ4v) is 1.54. The number of aromatic nitrogens is 1. The van der Waals surface area contributed by atoms with E-state index >= 15 is 0 Å². The van der Waals surface area contributed by atoms with Crippen LogP contribution in [0, 0.1) is 0 Å². The van der Waals surface area contributed by atoms with Crippen LogP contribution in [-0.2, 0) is 9.53 Å². The van der Waals surface area contributed by atoms with Gasteiger partial charge in [0.2, 0.25) is 5.88 Å². The van der Waals surface area contributed by atoms with Crippen molar-refractivity contribution in [2.45, 2.75) is 13.3 Å². The highest BCUT2D eigenvalue weighted by Gasteiger charge is 2.15. The van der Waals surface area contributed by atoms with E-state index in [1.807, 2.05) is 6.92 Å². The number of carbonyl (C=O) groups is 2. The molecule has 0 bridgehead atoms. The Kier molecular flexibility index (Phi) is 5.78. The third-order valence-electron chi connectivity index (χ3n) is 2.67. The largest absolute Gasteiger partial charge is 0.481 e. The van der Waals surface area contributed by atoms with Gasteiger partial charge in [-0.2, -0.15) is 0 Å². The number of amides is 1. The zero-order chi connectivity index (χ0) is 14.3. The summed E-state index contributed by atoms with van der Waals surface area (Å²) in [5.74, 6) is -0.0465. The molecule has 0 aliphatic carbocycles. The van der Waals surface area contributed by atoms with Crippen LogP contribution in [0.2, 0.25) is 0 Å². The van der Waals surface area contributed by atoms with E-state index in [9.17, 15) is 9.59 Å². The van der Waals surface area contributed by atoms with Gasteiger partial charge in [0.1, 0.15) is 0 Å². The Morgan fingerprint density at radius 1 is 1.32 bits per heavy atom. The molecule has 0 atom stereocenters. The van der Waals surface area contributed by atoms with E-state index in [-0.39, 0.29) is 18.3 Å². The molecule has 0 aromatic carbocycles. The van der Waals surface area contributed by atoms with Gasteiger partial charge in [0.25, 0.3) is 5.91 Å². The molecule has 0 saturated carbocycles. The summed E-state index contributed by atoms with van der Waals surface area (Å²) in [6, 6.07) is 3.27. The molecule has 0 fully saturated rings. The van der Waals surface area contributed by atoms with E-state index in [2.05, 4.69) is 9.72 Å². The van der Waals surface area contributed by atoms with Gasteiger partial charge < -0.3 is 14.4 Å². The minimum atomic E-state index is -0.334. The maximum atomic E-state index is 12.2. The van der Waals surface area contributed by atoms with Crippen molar-refractivity contribution in [3.8, 4) is 5.88 Å². The Labute approximate surface area is 112 Å². The minimum Gasteiger partial charge on any atom is -0.481 e. The molecule has 0 N–H and O–H groups in total. The summed E-state index contributed by atoms with van der Waals surface area (Å²) in [7, 11) is 2.84. The van der Waals surface area contributed by atoms with Gasteiger partial charge in [0.15, 0.2) is 0 Å². The second-order valence-electron chi connectivity index (χ2n) is 3.80. The summed E-state index contributed by atoms with van der Waals surface area (Å²) in [6.07, 6.45) is 1.64. The fraction of sp³-hybridized carbons (Fsp3) is 0.462. The van der Waals surface area contributed by atoms with Gasteiger partial charge in [-0.05, 0) is 13.0 Å². The first-order valence-corrected chi connectivity index (χ1v) is 5.98. The van der Waals surface area contributed by atoms with Crippen molar-refractivity contribution in [2.75, 3.05) is 27.3 Å². The topological polar surface area (TPSA) is 68.7 Å². The van der Waals surface area contributed by atoms with Gasteiger partial charge in [-0.3, -0.25) is 9.59 Å². The molecule has 0 aliphatic rings. The summed E-state index contributed by atoms with van der Waals surface area (Å²) in [4.78, 5) is 28.8. The number of ether oxygens (including phenoxy) is 2. The first-order chi connectivity index (χ1) is 9.12. The van der Waals surface area contributed by atoms with E-state index in [1.54, 1.807) is 17.0 Å². The van der Waals surface area contributed by atoms with E-state index in [1.165, 1.54) is 20.4 Å². The predicted octanol–water partition coefficient (Wildman–Crippen LogP) is 1.12. The van der Waals surface area contributed by atoms with E-state index in [0.717, 1.165) is 0 Å². The molecule has 0 aliphatic heterocycles. The van der Waals surface area contributed by atoms with Crippen molar-refractivity contribution >= 4 is 11.9 Å². The first kappa shape index (κ1) is 14.9. The third kappa shape index (κ3) is 4.24. The highest BCUT2D eigenvalue weighted by Crippen LogP contribution is 2.09. The van der Waals surface area contributed by atoms with E-state index in [0.29, 0.717) is 24.5 Å². The number of hydrogen-bond acceptors (Lipinski definition) is 5. The second-order valence-corrected chi connectivity index (χ2v) is 3.80. The molecule has 1 rings (SSSR count). The Hall–Kier alpha value is -2.11. The lowest BCUT2D eigenvalue weighted by molar-refractivity contribution is -0.140.